The fraction of sp³-hybridized carbons (Fsp3) is 0.500. The van der Waals surface area contributed by atoms with Gasteiger partial charge in [-0.2, -0.15) is 11.3 Å². The summed E-state index contributed by atoms with van der Waals surface area (Å²) in [6.45, 7) is 0.835. The zero-order valence-corrected chi connectivity index (χ0v) is 13.6. The third kappa shape index (κ3) is 4.02. The highest BCUT2D eigenvalue weighted by atomic mass is 35.5. The zero-order chi connectivity index (χ0) is 13.1. The molecule has 1 aliphatic rings. The van der Waals surface area contributed by atoms with Crippen molar-refractivity contribution in [1.29, 1.82) is 0 Å². The summed E-state index contributed by atoms with van der Waals surface area (Å²) in [5.41, 5.74) is 2.35. The van der Waals surface area contributed by atoms with E-state index < -0.39 is 0 Å². The van der Waals surface area contributed by atoms with E-state index >= 15 is 0 Å². The van der Waals surface area contributed by atoms with E-state index in [0.29, 0.717) is 6.04 Å². The topological polar surface area (TPSA) is 45.1 Å². The lowest BCUT2D eigenvalue weighted by atomic mass is 9.93. The molecule has 20 heavy (non-hydrogen) atoms. The minimum absolute atomic E-state index is 0. The van der Waals surface area contributed by atoms with E-state index in [4.69, 9.17) is 0 Å². The molecule has 0 amide bonds. The number of aliphatic hydroxyl groups excluding tert-OH is 1. The van der Waals surface area contributed by atoms with Gasteiger partial charge in [-0.3, -0.25) is 0 Å². The average molecular weight is 331 g/mol. The van der Waals surface area contributed by atoms with E-state index in [9.17, 15) is 5.11 Å². The Morgan fingerprint density at radius 3 is 2.75 bits per heavy atom. The van der Waals surface area contributed by atoms with Crippen LogP contribution in [0.2, 0.25) is 0 Å². The Balaban J connectivity index is 0.00000147. The van der Waals surface area contributed by atoms with Gasteiger partial charge >= 0.3 is 0 Å². The third-order valence-corrected chi connectivity index (χ3v) is 5.21. The van der Waals surface area contributed by atoms with Crippen LogP contribution < -0.4 is 5.32 Å². The molecule has 0 saturated heterocycles. The summed E-state index contributed by atoms with van der Waals surface area (Å²) >= 11 is 3.42. The minimum atomic E-state index is -0.0810. The molecule has 0 aromatic carbocycles. The molecule has 1 saturated carbocycles. The number of rotatable bonds is 4. The van der Waals surface area contributed by atoms with Crippen LogP contribution in [-0.4, -0.2) is 22.2 Å². The summed E-state index contributed by atoms with van der Waals surface area (Å²) in [4.78, 5) is 4.67. The SMILES string of the molecule is Cl.OC1CCC(NCc2csc(-c3ccsc3)n2)CC1. The number of nitrogens with one attached hydrogen (secondary N) is 1. The van der Waals surface area contributed by atoms with Crippen LogP contribution in [0.3, 0.4) is 0 Å². The number of hydrogen-bond acceptors (Lipinski definition) is 5. The normalized spacial score (nSPS) is 22.4. The van der Waals surface area contributed by atoms with Crippen molar-refractivity contribution < 1.29 is 5.11 Å². The predicted octanol–water partition coefficient (Wildman–Crippen LogP) is 3.69. The number of aromatic nitrogens is 1. The summed E-state index contributed by atoms with van der Waals surface area (Å²) in [7, 11) is 0. The van der Waals surface area contributed by atoms with E-state index in [2.05, 4.69) is 32.5 Å². The van der Waals surface area contributed by atoms with Crippen LogP contribution in [0.15, 0.2) is 22.2 Å². The number of nitrogens with zero attached hydrogens (tertiary/aromatic N) is 1. The molecular weight excluding hydrogens is 312 g/mol. The summed E-state index contributed by atoms with van der Waals surface area (Å²) in [5, 5.41) is 20.5. The smallest absolute Gasteiger partial charge is 0.124 e. The van der Waals surface area contributed by atoms with Crippen LogP contribution in [0.25, 0.3) is 10.6 Å². The largest absolute Gasteiger partial charge is 0.393 e. The Bertz CT molecular complexity index is 507. The molecule has 1 fully saturated rings. The minimum Gasteiger partial charge on any atom is -0.393 e. The number of aliphatic hydroxyl groups is 1. The maximum atomic E-state index is 9.48. The highest BCUT2D eigenvalue weighted by molar-refractivity contribution is 7.14. The van der Waals surface area contributed by atoms with Gasteiger partial charge in [0.15, 0.2) is 0 Å². The molecule has 110 valence electrons. The van der Waals surface area contributed by atoms with Crippen LogP contribution in [-0.2, 0) is 6.54 Å². The Morgan fingerprint density at radius 2 is 2.05 bits per heavy atom. The monoisotopic (exact) mass is 330 g/mol. The van der Waals surface area contributed by atoms with Gasteiger partial charge in [0.2, 0.25) is 0 Å². The molecule has 2 aromatic heterocycles. The van der Waals surface area contributed by atoms with E-state index in [-0.39, 0.29) is 18.5 Å². The second-order valence-corrected chi connectivity index (χ2v) is 6.68. The first kappa shape index (κ1) is 15.9. The van der Waals surface area contributed by atoms with Crippen LogP contribution in [0.1, 0.15) is 31.4 Å². The van der Waals surface area contributed by atoms with Crippen LogP contribution in [0.4, 0.5) is 0 Å². The molecule has 0 bridgehead atoms. The number of halogens is 1. The van der Waals surface area contributed by atoms with Gasteiger partial charge in [-0.1, -0.05) is 0 Å². The fourth-order valence-electron chi connectivity index (χ4n) is 2.44. The fourth-order valence-corrected chi connectivity index (χ4v) is 3.97. The first-order valence-corrected chi connectivity index (χ1v) is 8.52. The highest BCUT2D eigenvalue weighted by Gasteiger charge is 2.18. The molecule has 0 unspecified atom stereocenters. The molecule has 2 aromatic rings. The van der Waals surface area contributed by atoms with Crippen molar-refractivity contribution in [1.82, 2.24) is 10.3 Å². The lowest BCUT2D eigenvalue weighted by Gasteiger charge is -2.25. The molecule has 3 rings (SSSR count). The van der Waals surface area contributed by atoms with Crippen LogP contribution in [0.5, 0.6) is 0 Å². The summed E-state index contributed by atoms with van der Waals surface area (Å²) in [5.74, 6) is 0. The molecule has 2 heterocycles. The molecule has 6 heteroatoms. The second kappa shape index (κ2) is 7.52. The number of thiazole rings is 1. The molecule has 0 radical (unpaired) electrons. The quantitative estimate of drug-likeness (QED) is 0.898. The molecule has 0 atom stereocenters. The van der Waals surface area contributed by atoms with Crippen molar-refractivity contribution in [3.63, 3.8) is 0 Å². The molecule has 0 aliphatic heterocycles. The lowest BCUT2D eigenvalue weighted by molar-refractivity contribution is 0.116. The van der Waals surface area contributed by atoms with E-state index in [1.54, 1.807) is 22.7 Å². The predicted molar refractivity (Wildman–Crippen MR) is 87.8 cm³/mol. The lowest BCUT2D eigenvalue weighted by Crippen LogP contribution is -2.34. The first-order valence-electron chi connectivity index (χ1n) is 6.69. The van der Waals surface area contributed by atoms with Crippen molar-refractivity contribution in [2.24, 2.45) is 0 Å². The van der Waals surface area contributed by atoms with Crippen LogP contribution >= 0.6 is 35.1 Å². The van der Waals surface area contributed by atoms with Gasteiger partial charge in [0.05, 0.1) is 11.8 Å². The van der Waals surface area contributed by atoms with E-state index in [0.717, 1.165) is 42.9 Å². The standard InChI is InChI=1S/C14H18N2OS2.ClH/c17-13-3-1-11(2-4-13)15-7-12-9-19-14(16-12)10-5-6-18-8-10;/h5-6,8-9,11,13,15,17H,1-4,7H2;1H. The van der Waals surface area contributed by atoms with Crippen molar-refractivity contribution in [2.75, 3.05) is 0 Å². The summed E-state index contributed by atoms with van der Waals surface area (Å²) in [6.07, 6.45) is 3.91. The third-order valence-electron chi connectivity index (χ3n) is 3.59. The van der Waals surface area contributed by atoms with Gasteiger partial charge < -0.3 is 10.4 Å². The summed E-state index contributed by atoms with van der Waals surface area (Å²) < 4.78 is 0. The Kier molecular flexibility index (Phi) is 5.99. The molecular formula is C14H19ClN2OS2. The van der Waals surface area contributed by atoms with Crippen molar-refractivity contribution >= 4 is 35.1 Å². The summed E-state index contributed by atoms with van der Waals surface area (Å²) in [6, 6.07) is 2.65. The average Bonchev–Trinajstić information content (AvgIpc) is 3.09. The zero-order valence-electron chi connectivity index (χ0n) is 11.1. The van der Waals surface area contributed by atoms with Gasteiger partial charge in [0.25, 0.3) is 0 Å². The van der Waals surface area contributed by atoms with Crippen molar-refractivity contribution in [2.45, 2.75) is 44.4 Å². The Hall–Kier alpha value is -0.460. The second-order valence-electron chi connectivity index (χ2n) is 5.04. The van der Waals surface area contributed by atoms with Crippen LogP contribution in [0, 0.1) is 0 Å². The molecule has 1 aliphatic carbocycles. The van der Waals surface area contributed by atoms with Gasteiger partial charge in [0, 0.05) is 28.9 Å². The molecule has 3 nitrogen and oxygen atoms in total. The Labute approximate surface area is 133 Å². The highest BCUT2D eigenvalue weighted by Crippen LogP contribution is 2.26. The van der Waals surface area contributed by atoms with E-state index in [1.165, 1.54) is 5.56 Å². The van der Waals surface area contributed by atoms with Gasteiger partial charge in [-0.25, -0.2) is 4.98 Å². The number of thiophene rings is 1. The number of hydrogen-bond donors (Lipinski definition) is 2. The maximum absolute atomic E-state index is 9.48. The first-order chi connectivity index (χ1) is 9.31. The van der Waals surface area contributed by atoms with Gasteiger partial charge in [0.1, 0.15) is 5.01 Å². The molecule has 0 spiro atoms. The maximum Gasteiger partial charge on any atom is 0.124 e. The van der Waals surface area contributed by atoms with E-state index in [1.807, 2.05) is 0 Å². The van der Waals surface area contributed by atoms with Crippen molar-refractivity contribution in [3.05, 3.63) is 27.9 Å². The molecule has 2 N–H and O–H groups in total. The van der Waals surface area contributed by atoms with Crippen molar-refractivity contribution in [3.8, 4) is 10.6 Å². The van der Waals surface area contributed by atoms with Gasteiger partial charge in [-0.15, -0.1) is 23.7 Å². The Morgan fingerprint density at radius 1 is 1.25 bits per heavy atom. The van der Waals surface area contributed by atoms with Gasteiger partial charge in [-0.05, 0) is 37.1 Å².